The lowest BCUT2D eigenvalue weighted by molar-refractivity contribution is -0.383. The van der Waals surface area contributed by atoms with Crippen LogP contribution in [0.4, 0.5) is 17.1 Å². The average Bonchev–Trinajstić information content (AvgIpc) is 2.46. The van der Waals surface area contributed by atoms with E-state index in [0.717, 1.165) is 25.9 Å². The molecule has 6 nitrogen and oxygen atoms in total. The molecule has 1 aromatic rings. The van der Waals surface area contributed by atoms with E-state index in [2.05, 4.69) is 17.6 Å². The van der Waals surface area contributed by atoms with Gasteiger partial charge >= 0.3 is 5.69 Å². The predicted octanol–water partition coefficient (Wildman–Crippen LogP) is 3.65. The number of nitro groups is 1. The van der Waals surface area contributed by atoms with E-state index < -0.39 is 0 Å². The quantitative estimate of drug-likeness (QED) is 0.370. The molecule has 0 aliphatic carbocycles. The van der Waals surface area contributed by atoms with Crippen LogP contribution in [0.2, 0.25) is 0 Å². The van der Waals surface area contributed by atoms with E-state index in [9.17, 15) is 10.1 Å². The maximum Gasteiger partial charge on any atom is 0.315 e. The Morgan fingerprint density at radius 3 is 2.43 bits per heavy atom. The van der Waals surface area contributed by atoms with E-state index in [0.29, 0.717) is 31.1 Å². The number of hydrogen-bond acceptors (Lipinski definition) is 5. The predicted molar refractivity (Wildman–Crippen MR) is 86.1 cm³/mol. The van der Waals surface area contributed by atoms with E-state index in [-0.39, 0.29) is 10.6 Å². The van der Waals surface area contributed by atoms with Crippen molar-refractivity contribution in [1.82, 2.24) is 0 Å². The summed E-state index contributed by atoms with van der Waals surface area (Å²) in [5.41, 5.74) is 1.20. The Kier molecular flexibility index (Phi) is 8.19. The van der Waals surface area contributed by atoms with Gasteiger partial charge in [-0.3, -0.25) is 10.1 Å². The molecule has 0 saturated carbocycles. The van der Waals surface area contributed by atoms with Gasteiger partial charge in [0.05, 0.1) is 4.92 Å². The number of nitrogens with zero attached hydrogens (tertiary/aromatic N) is 1. The van der Waals surface area contributed by atoms with E-state index >= 15 is 0 Å². The maximum absolute atomic E-state index is 11.2. The van der Waals surface area contributed by atoms with Crippen molar-refractivity contribution in [3.63, 3.8) is 0 Å². The van der Waals surface area contributed by atoms with E-state index in [1.165, 1.54) is 0 Å². The van der Waals surface area contributed by atoms with Crippen molar-refractivity contribution in [2.24, 2.45) is 0 Å². The molecule has 0 aromatic heterocycles. The second kappa shape index (κ2) is 9.99. The van der Waals surface area contributed by atoms with Crippen LogP contribution in [0.3, 0.4) is 0 Å². The van der Waals surface area contributed by atoms with Crippen molar-refractivity contribution < 1.29 is 9.66 Å². The summed E-state index contributed by atoms with van der Waals surface area (Å²) in [7, 11) is 0. The highest BCUT2D eigenvalue weighted by molar-refractivity contribution is 5.76. The fraction of sp³-hybridized carbons (Fsp3) is 0.600. The fourth-order valence-electron chi connectivity index (χ4n) is 1.96. The standard InChI is InChI=1S/C15H25N3O3/c1-3-5-11-21-12-7-10-17-14-9-6-8-13(16-4-2)15(14)18(19)20/h6,8-9,16-17H,3-5,7,10-12H2,1-2H3. The SMILES string of the molecule is CCCCOCCCNc1cccc(NCC)c1[N+](=O)[O-]. The minimum atomic E-state index is -0.349. The Hall–Kier alpha value is -1.82. The molecule has 6 heteroatoms. The van der Waals surface area contributed by atoms with Crippen LogP contribution in [0.1, 0.15) is 33.1 Å². The largest absolute Gasteiger partial charge is 0.381 e. The summed E-state index contributed by atoms with van der Waals surface area (Å²) in [6.45, 7) is 6.80. The zero-order chi connectivity index (χ0) is 15.5. The molecule has 0 fully saturated rings. The van der Waals surface area contributed by atoms with Gasteiger partial charge in [0, 0.05) is 26.3 Å². The molecule has 0 saturated heterocycles. The Morgan fingerprint density at radius 2 is 1.81 bits per heavy atom. The van der Waals surface area contributed by atoms with E-state index in [1.54, 1.807) is 12.1 Å². The molecule has 0 aliphatic heterocycles. The molecule has 0 heterocycles. The third-order valence-corrected chi connectivity index (χ3v) is 3.01. The molecule has 1 aromatic carbocycles. The summed E-state index contributed by atoms with van der Waals surface area (Å²) in [6, 6.07) is 5.27. The molecular weight excluding hydrogens is 270 g/mol. The van der Waals surface area contributed by atoms with Gasteiger partial charge < -0.3 is 15.4 Å². The Balaban J connectivity index is 2.50. The molecule has 0 unspecified atom stereocenters. The first-order valence-corrected chi connectivity index (χ1v) is 7.53. The van der Waals surface area contributed by atoms with Crippen LogP contribution in [0.5, 0.6) is 0 Å². The molecule has 21 heavy (non-hydrogen) atoms. The van der Waals surface area contributed by atoms with Gasteiger partial charge in [0.25, 0.3) is 0 Å². The summed E-state index contributed by atoms with van der Waals surface area (Å²) in [5.74, 6) is 0. The van der Waals surface area contributed by atoms with Crippen LogP contribution in [-0.2, 0) is 4.74 Å². The second-order valence-corrected chi connectivity index (χ2v) is 4.74. The molecule has 0 amide bonds. The number of ether oxygens (including phenoxy) is 1. The van der Waals surface area contributed by atoms with Crippen molar-refractivity contribution in [3.05, 3.63) is 28.3 Å². The first-order valence-electron chi connectivity index (χ1n) is 7.53. The van der Waals surface area contributed by atoms with Crippen molar-refractivity contribution in [3.8, 4) is 0 Å². The van der Waals surface area contributed by atoms with Gasteiger partial charge in [0.2, 0.25) is 0 Å². The summed E-state index contributed by atoms with van der Waals surface area (Å²) in [6.07, 6.45) is 3.03. The van der Waals surface area contributed by atoms with Crippen LogP contribution in [0.15, 0.2) is 18.2 Å². The molecule has 1 rings (SSSR count). The second-order valence-electron chi connectivity index (χ2n) is 4.74. The van der Waals surface area contributed by atoms with Gasteiger partial charge in [-0.25, -0.2) is 0 Å². The number of nitro benzene ring substituents is 1. The van der Waals surface area contributed by atoms with Gasteiger partial charge in [0.1, 0.15) is 11.4 Å². The molecule has 0 spiro atoms. The van der Waals surface area contributed by atoms with Gasteiger partial charge in [-0.1, -0.05) is 19.4 Å². The topological polar surface area (TPSA) is 76.4 Å². The summed E-state index contributed by atoms with van der Waals surface area (Å²) >= 11 is 0. The molecule has 0 bridgehead atoms. The van der Waals surface area contributed by atoms with Crippen LogP contribution in [-0.4, -0.2) is 31.2 Å². The maximum atomic E-state index is 11.2. The fourth-order valence-corrected chi connectivity index (χ4v) is 1.96. The van der Waals surface area contributed by atoms with Gasteiger partial charge in [-0.2, -0.15) is 0 Å². The van der Waals surface area contributed by atoms with Crippen molar-refractivity contribution in [2.75, 3.05) is 36.9 Å². The first-order chi connectivity index (χ1) is 10.2. The highest BCUT2D eigenvalue weighted by Gasteiger charge is 2.18. The number of para-hydroxylation sites is 1. The molecule has 0 atom stereocenters. The van der Waals surface area contributed by atoms with Crippen LogP contribution >= 0.6 is 0 Å². The lowest BCUT2D eigenvalue weighted by atomic mass is 10.2. The minimum absolute atomic E-state index is 0.103. The molecule has 0 aliphatic rings. The monoisotopic (exact) mass is 295 g/mol. The number of nitrogens with one attached hydrogen (secondary N) is 2. The average molecular weight is 295 g/mol. The van der Waals surface area contributed by atoms with E-state index in [1.807, 2.05) is 13.0 Å². The molecule has 118 valence electrons. The zero-order valence-electron chi connectivity index (χ0n) is 12.9. The van der Waals surface area contributed by atoms with E-state index in [4.69, 9.17) is 4.74 Å². The highest BCUT2D eigenvalue weighted by Crippen LogP contribution is 2.32. The molecule has 2 N–H and O–H groups in total. The van der Waals surface area contributed by atoms with Gasteiger partial charge in [-0.15, -0.1) is 0 Å². The molecule has 0 radical (unpaired) electrons. The Bertz CT molecular complexity index is 438. The zero-order valence-corrected chi connectivity index (χ0v) is 12.9. The van der Waals surface area contributed by atoms with Gasteiger partial charge in [-0.05, 0) is 31.9 Å². The molecular formula is C15H25N3O3. The van der Waals surface area contributed by atoms with Crippen molar-refractivity contribution in [1.29, 1.82) is 0 Å². The summed E-state index contributed by atoms with van der Waals surface area (Å²) in [5, 5.41) is 17.4. The van der Waals surface area contributed by atoms with Crippen LogP contribution in [0, 0.1) is 10.1 Å². The van der Waals surface area contributed by atoms with Crippen molar-refractivity contribution >= 4 is 17.1 Å². The number of unbranched alkanes of at least 4 members (excludes halogenated alkanes) is 1. The third kappa shape index (κ3) is 5.99. The van der Waals surface area contributed by atoms with Crippen LogP contribution < -0.4 is 10.6 Å². The lowest BCUT2D eigenvalue weighted by Crippen LogP contribution is -2.09. The Morgan fingerprint density at radius 1 is 1.14 bits per heavy atom. The third-order valence-electron chi connectivity index (χ3n) is 3.01. The normalized spacial score (nSPS) is 10.4. The van der Waals surface area contributed by atoms with Gasteiger partial charge in [0.15, 0.2) is 0 Å². The number of benzene rings is 1. The number of rotatable bonds is 11. The first kappa shape index (κ1) is 17.2. The minimum Gasteiger partial charge on any atom is -0.381 e. The summed E-state index contributed by atoms with van der Waals surface area (Å²) in [4.78, 5) is 10.9. The number of hydrogen-bond donors (Lipinski definition) is 2. The highest BCUT2D eigenvalue weighted by atomic mass is 16.6. The number of anilines is 2. The van der Waals surface area contributed by atoms with Crippen LogP contribution in [0.25, 0.3) is 0 Å². The summed E-state index contributed by atoms with van der Waals surface area (Å²) < 4.78 is 5.47. The lowest BCUT2D eigenvalue weighted by Gasteiger charge is -2.11. The van der Waals surface area contributed by atoms with Crippen molar-refractivity contribution in [2.45, 2.75) is 33.1 Å². The Labute approximate surface area is 126 Å². The smallest absolute Gasteiger partial charge is 0.315 e.